The summed E-state index contributed by atoms with van der Waals surface area (Å²) in [4.78, 5) is 17.9. The molecule has 1 atom stereocenters. The molecule has 0 aliphatic carbocycles. The highest BCUT2D eigenvalue weighted by Crippen LogP contribution is 2.18. The fraction of sp³-hybridized carbons (Fsp3) is 0.200. The van der Waals surface area contributed by atoms with Crippen LogP contribution >= 0.6 is 15.9 Å². The topological polar surface area (TPSA) is 92.0 Å². The molecule has 0 saturated carbocycles. The van der Waals surface area contributed by atoms with Crippen molar-refractivity contribution in [2.24, 2.45) is 5.73 Å². The molecule has 0 fully saturated rings. The molecule has 0 aromatic carbocycles. The number of rotatable bonds is 3. The van der Waals surface area contributed by atoms with E-state index in [2.05, 4.69) is 25.9 Å². The van der Waals surface area contributed by atoms with Gasteiger partial charge in [-0.1, -0.05) is 0 Å². The van der Waals surface area contributed by atoms with Crippen LogP contribution in [0.1, 0.15) is 5.69 Å². The largest absolute Gasteiger partial charge is 0.480 e. The Hall–Kier alpha value is -1.40. The molecular weight excluding hydrogens is 274 g/mol. The van der Waals surface area contributed by atoms with Crippen molar-refractivity contribution >= 4 is 32.9 Å². The van der Waals surface area contributed by atoms with Gasteiger partial charge < -0.3 is 15.8 Å². The van der Waals surface area contributed by atoms with E-state index in [1.165, 1.54) is 0 Å². The van der Waals surface area contributed by atoms with Crippen LogP contribution in [0.3, 0.4) is 0 Å². The maximum Gasteiger partial charge on any atom is 0.320 e. The molecule has 6 heteroatoms. The van der Waals surface area contributed by atoms with E-state index in [0.717, 1.165) is 21.2 Å². The normalized spacial score (nSPS) is 12.9. The average Bonchev–Trinajstić information content (AvgIpc) is 2.58. The molecule has 16 heavy (non-hydrogen) atoms. The summed E-state index contributed by atoms with van der Waals surface area (Å²) >= 11 is 3.31. The van der Waals surface area contributed by atoms with Crippen LogP contribution in [0, 0.1) is 0 Å². The van der Waals surface area contributed by atoms with E-state index >= 15 is 0 Å². The van der Waals surface area contributed by atoms with Gasteiger partial charge in [0.15, 0.2) is 0 Å². The first-order chi connectivity index (χ1) is 7.56. The zero-order valence-corrected chi connectivity index (χ0v) is 9.86. The monoisotopic (exact) mass is 283 g/mol. The van der Waals surface area contributed by atoms with Crippen LogP contribution in [0.25, 0.3) is 11.0 Å². The molecule has 4 N–H and O–H groups in total. The number of nitrogens with one attached hydrogen (secondary N) is 1. The molecule has 0 radical (unpaired) electrons. The summed E-state index contributed by atoms with van der Waals surface area (Å²) in [5, 5.41) is 8.70. The Bertz CT molecular complexity index is 538. The number of aliphatic carboxylic acids is 1. The Morgan fingerprint density at radius 3 is 3.06 bits per heavy atom. The third-order valence-electron chi connectivity index (χ3n) is 2.25. The summed E-state index contributed by atoms with van der Waals surface area (Å²) in [7, 11) is 0. The zero-order chi connectivity index (χ0) is 11.7. The van der Waals surface area contributed by atoms with Gasteiger partial charge in [-0.3, -0.25) is 9.78 Å². The maximum atomic E-state index is 10.6. The number of hydrogen-bond donors (Lipinski definition) is 3. The van der Waals surface area contributed by atoms with Gasteiger partial charge in [0.1, 0.15) is 6.04 Å². The highest BCUT2D eigenvalue weighted by Gasteiger charge is 2.13. The second-order valence-corrected chi connectivity index (χ2v) is 4.45. The van der Waals surface area contributed by atoms with E-state index < -0.39 is 12.0 Å². The van der Waals surface area contributed by atoms with Gasteiger partial charge in [0.05, 0.1) is 11.0 Å². The minimum Gasteiger partial charge on any atom is -0.480 e. The Kier molecular flexibility index (Phi) is 2.93. The first kappa shape index (κ1) is 11.1. The smallest absolute Gasteiger partial charge is 0.320 e. The predicted molar refractivity (Wildman–Crippen MR) is 63.1 cm³/mol. The summed E-state index contributed by atoms with van der Waals surface area (Å²) in [5.41, 5.74) is 7.89. The molecule has 0 amide bonds. The number of H-pyrrole nitrogens is 1. The van der Waals surface area contributed by atoms with Gasteiger partial charge in [0, 0.05) is 22.8 Å². The van der Waals surface area contributed by atoms with E-state index in [4.69, 9.17) is 10.8 Å². The summed E-state index contributed by atoms with van der Waals surface area (Å²) in [6, 6.07) is 2.80. The predicted octanol–water partition coefficient (Wildman–Crippen LogP) is 1.28. The summed E-state index contributed by atoms with van der Waals surface area (Å²) in [6.07, 6.45) is 1.96. The lowest BCUT2D eigenvalue weighted by Gasteiger charge is -2.02. The molecule has 1 unspecified atom stereocenters. The number of halogens is 1. The van der Waals surface area contributed by atoms with Crippen molar-refractivity contribution in [1.82, 2.24) is 9.97 Å². The van der Waals surface area contributed by atoms with Gasteiger partial charge in [0.25, 0.3) is 0 Å². The van der Waals surface area contributed by atoms with Gasteiger partial charge in [0.2, 0.25) is 0 Å². The van der Waals surface area contributed by atoms with Crippen molar-refractivity contribution < 1.29 is 9.90 Å². The molecule has 0 saturated heterocycles. The Morgan fingerprint density at radius 1 is 1.62 bits per heavy atom. The molecule has 2 aromatic rings. The van der Waals surface area contributed by atoms with Gasteiger partial charge in [-0.2, -0.15) is 0 Å². The third kappa shape index (κ3) is 2.23. The summed E-state index contributed by atoms with van der Waals surface area (Å²) < 4.78 is 0.871. The number of fused-ring (bicyclic) bond motifs is 1. The van der Waals surface area contributed by atoms with Crippen molar-refractivity contribution in [2.45, 2.75) is 12.5 Å². The van der Waals surface area contributed by atoms with Crippen LogP contribution in [-0.4, -0.2) is 27.1 Å². The lowest BCUT2D eigenvalue weighted by Crippen LogP contribution is -2.32. The van der Waals surface area contributed by atoms with Crippen molar-refractivity contribution in [3.63, 3.8) is 0 Å². The van der Waals surface area contributed by atoms with Gasteiger partial charge in [-0.15, -0.1) is 0 Å². The number of aromatic nitrogens is 2. The Morgan fingerprint density at radius 2 is 2.38 bits per heavy atom. The molecule has 2 aromatic heterocycles. The molecule has 0 bridgehead atoms. The second-order valence-electron chi connectivity index (χ2n) is 3.53. The van der Waals surface area contributed by atoms with E-state index in [1.807, 2.05) is 12.1 Å². The van der Waals surface area contributed by atoms with Crippen molar-refractivity contribution in [3.8, 4) is 0 Å². The molecule has 2 rings (SSSR count). The number of carboxylic acids is 1. The highest BCUT2D eigenvalue weighted by molar-refractivity contribution is 9.10. The fourth-order valence-corrected chi connectivity index (χ4v) is 1.80. The number of nitrogens with zero attached hydrogens (tertiary/aromatic N) is 1. The quantitative estimate of drug-likeness (QED) is 0.791. The SMILES string of the molecule is NC(Cc1cc2ncc(Br)cc2[nH]1)C(=O)O. The molecule has 2 heterocycles. The number of aromatic amines is 1. The fourth-order valence-electron chi connectivity index (χ4n) is 1.47. The van der Waals surface area contributed by atoms with Crippen LogP contribution < -0.4 is 5.73 Å². The minimum atomic E-state index is -1.01. The Balaban J connectivity index is 2.29. The molecule has 0 aliphatic heterocycles. The Labute approximate surface area is 99.8 Å². The van der Waals surface area contributed by atoms with Crippen LogP contribution in [-0.2, 0) is 11.2 Å². The second kappa shape index (κ2) is 4.23. The lowest BCUT2D eigenvalue weighted by molar-refractivity contribution is -0.138. The van der Waals surface area contributed by atoms with E-state index in [0.29, 0.717) is 0 Å². The van der Waals surface area contributed by atoms with Gasteiger partial charge in [-0.05, 0) is 28.1 Å². The number of carboxylic acid groups (broad SMARTS) is 1. The zero-order valence-electron chi connectivity index (χ0n) is 8.27. The minimum absolute atomic E-state index is 0.267. The number of carbonyl (C=O) groups is 1. The lowest BCUT2D eigenvalue weighted by atomic mass is 10.2. The van der Waals surface area contributed by atoms with Crippen LogP contribution in [0.2, 0.25) is 0 Å². The maximum absolute atomic E-state index is 10.6. The van der Waals surface area contributed by atoms with Crippen molar-refractivity contribution in [1.29, 1.82) is 0 Å². The average molecular weight is 284 g/mol. The van der Waals surface area contributed by atoms with Gasteiger partial charge in [-0.25, -0.2) is 0 Å². The molecule has 5 nitrogen and oxygen atoms in total. The third-order valence-corrected chi connectivity index (χ3v) is 2.68. The highest BCUT2D eigenvalue weighted by atomic mass is 79.9. The van der Waals surface area contributed by atoms with Crippen LogP contribution in [0.15, 0.2) is 22.8 Å². The molecule has 0 spiro atoms. The van der Waals surface area contributed by atoms with Crippen LogP contribution in [0.4, 0.5) is 0 Å². The molecule has 84 valence electrons. The van der Waals surface area contributed by atoms with Gasteiger partial charge >= 0.3 is 5.97 Å². The first-order valence-corrected chi connectivity index (χ1v) is 5.47. The standard InChI is InChI=1S/C10H10BrN3O2/c11-5-1-9-8(13-4-5)3-6(14-9)2-7(12)10(15)16/h1,3-4,7,14H,2,12H2,(H,15,16). The van der Waals surface area contributed by atoms with Crippen molar-refractivity contribution in [3.05, 3.63) is 28.5 Å². The number of nitrogens with two attached hydrogens (primary N) is 1. The summed E-state index contributed by atoms with van der Waals surface area (Å²) in [5.74, 6) is -1.01. The van der Waals surface area contributed by atoms with E-state index in [1.54, 1.807) is 6.20 Å². The number of hydrogen-bond acceptors (Lipinski definition) is 3. The first-order valence-electron chi connectivity index (χ1n) is 4.68. The molecule has 0 aliphatic rings. The summed E-state index contributed by atoms with van der Waals surface area (Å²) in [6.45, 7) is 0. The van der Waals surface area contributed by atoms with E-state index in [-0.39, 0.29) is 6.42 Å². The van der Waals surface area contributed by atoms with E-state index in [9.17, 15) is 4.79 Å². The van der Waals surface area contributed by atoms with Crippen molar-refractivity contribution in [2.75, 3.05) is 0 Å². The number of pyridine rings is 1. The van der Waals surface area contributed by atoms with Crippen LogP contribution in [0.5, 0.6) is 0 Å². The molecular formula is C10H10BrN3O2.